The summed E-state index contributed by atoms with van der Waals surface area (Å²) in [7, 11) is 2.00. The van der Waals surface area contributed by atoms with Gasteiger partial charge in [0.15, 0.2) is 0 Å². The van der Waals surface area contributed by atoms with Crippen LogP contribution in [-0.4, -0.2) is 18.5 Å². The van der Waals surface area contributed by atoms with Crippen molar-refractivity contribution >= 4 is 0 Å². The van der Waals surface area contributed by atoms with Gasteiger partial charge < -0.3 is 9.73 Å². The maximum absolute atomic E-state index is 13.1. The van der Waals surface area contributed by atoms with Crippen LogP contribution in [0.5, 0.6) is 0 Å². The van der Waals surface area contributed by atoms with E-state index in [1.54, 1.807) is 18.4 Å². The molecule has 0 saturated carbocycles. The fraction of sp³-hybridized carbons (Fsp3) is 0.375. The lowest BCUT2D eigenvalue weighted by Crippen LogP contribution is -2.17. The van der Waals surface area contributed by atoms with Crippen LogP contribution in [0, 0.1) is 5.82 Å². The highest BCUT2D eigenvalue weighted by atomic mass is 19.1. The Morgan fingerprint density at radius 1 is 1.20 bits per heavy atom. The Kier molecular flexibility index (Phi) is 5.32. The molecule has 0 saturated heterocycles. The number of hydrogen-bond acceptors (Lipinski definition) is 3. The second-order valence-electron chi connectivity index (χ2n) is 5.00. The van der Waals surface area contributed by atoms with E-state index in [-0.39, 0.29) is 5.82 Å². The van der Waals surface area contributed by atoms with E-state index in [4.69, 9.17) is 4.42 Å². The van der Waals surface area contributed by atoms with Crippen molar-refractivity contribution < 1.29 is 8.81 Å². The molecule has 0 spiro atoms. The molecule has 0 radical (unpaired) electrons. The summed E-state index contributed by atoms with van der Waals surface area (Å²) in [5.41, 5.74) is 2.12. The van der Waals surface area contributed by atoms with Crippen LogP contribution in [0.3, 0.4) is 0 Å². The van der Waals surface area contributed by atoms with Gasteiger partial charge in [-0.1, -0.05) is 19.1 Å². The molecule has 108 valence electrons. The second kappa shape index (κ2) is 7.22. The third-order valence-electron chi connectivity index (χ3n) is 3.05. The smallest absolute Gasteiger partial charge is 0.123 e. The van der Waals surface area contributed by atoms with Gasteiger partial charge in [0.1, 0.15) is 11.6 Å². The summed E-state index contributed by atoms with van der Waals surface area (Å²) >= 11 is 0. The number of hydrogen-bond donors (Lipinski definition) is 1. The Balaban J connectivity index is 1.87. The molecule has 0 unspecified atom stereocenters. The summed E-state index contributed by atoms with van der Waals surface area (Å²) in [4.78, 5) is 2.10. The maximum Gasteiger partial charge on any atom is 0.123 e. The number of nitrogens with one attached hydrogen (secondary N) is 1. The van der Waals surface area contributed by atoms with Crippen LogP contribution in [0.25, 0.3) is 0 Å². The summed E-state index contributed by atoms with van der Waals surface area (Å²) in [6, 6.07) is 8.75. The molecular formula is C16H21FN2O. The molecule has 1 aromatic carbocycles. The number of nitrogens with zero attached hydrogens (tertiary/aromatic N) is 1. The Hall–Kier alpha value is -1.65. The molecule has 0 aliphatic rings. The van der Waals surface area contributed by atoms with Gasteiger partial charge in [0, 0.05) is 18.7 Å². The summed E-state index contributed by atoms with van der Waals surface area (Å²) in [6.45, 7) is 5.25. The van der Waals surface area contributed by atoms with Crippen molar-refractivity contribution in [1.29, 1.82) is 0 Å². The average molecular weight is 276 g/mol. The first-order chi connectivity index (χ1) is 9.67. The van der Waals surface area contributed by atoms with Crippen molar-refractivity contribution in [2.75, 3.05) is 13.6 Å². The van der Waals surface area contributed by atoms with Crippen molar-refractivity contribution in [3.8, 4) is 0 Å². The first kappa shape index (κ1) is 14.8. The van der Waals surface area contributed by atoms with Crippen LogP contribution < -0.4 is 5.32 Å². The number of halogens is 1. The van der Waals surface area contributed by atoms with Gasteiger partial charge in [0.25, 0.3) is 0 Å². The summed E-state index contributed by atoms with van der Waals surface area (Å²) in [6.07, 6.45) is 1.79. The van der Waals surface area contributed by atoms with Crippen molar-refractivity contribution in [3.05, 3.63) is 59.3 Å². The predicted molar refractivity (Wildman–Crippen MR) is 77.7 cm³/mol. The molecule has 0 aliphatic carbocycles. The van der Waals surface area contributed by atoms with Gasteiger partial charge in [-0.05, 0) is 37.4 Å². The Labute approximate surface area is 119 Å². The van der Waals surface area contributed by atoms with Crippen molar-refractivity contribution in [3.63, 3.8) is 0 Å². The highest BCUT2D eigenvalue weighted by Crippen LogP contribution is 2.12. The van der Waals surface area contributed by atoms with Gasteiger partial charge in [0.2, 0.25) is 0 Å². The maximum atomic E-state index is 13.1. The molecule has 1 N–H and O–H groups in total. The van der Waals surface area contributed by atoms with Gasteiger partial charge in [0.05, 0.1) is 12.8 Å². The molecule has 2 rings (SSSR count). The molecule has 0 amide bonds. The van der Waals surface area contributed by atoms with Crippen molar-refractivity contribution in [2.24, 2.45) is 0 Å². The van der Waals surface area contributed by atoms with E-state index >= 15 is 0 Å². The lowest BCUT2D eigenvalue weighted by atomic mass is 10.2. The predicted octanol–water partition coefficient (Wildman–Crippen LogP) is 3.16. The monoisotopic (exact) mass is 276 g/mol. The minimum Gasteiger partial charge on any atom is -0.468 e. The summed E-state index contributed by atoms with van der Waals surface area (Å²) in [5, 5.41) is 3.26. The van der Waals surface area contributed by atoms with E-state index in [1.165, 1.54) is 6.07 Å². The largest absolute Gasteiger partial charge is 0.468 e. The summed E-state index contributed by atoms with van der Waals surface area (Å²) < 4.78 is 18.7. The third kappa shape index (κ3) is 4.47. The number of rotatable bonds is 7. The lowest BCUT2D eigenvalue weighted by molar-refractivity contribution is 0.287. The third-order valence-corrected chi connectivity index (χ3v) is 3.05. The molecular weight excluding hydrogens is 255 g/mol. The molecule has 0 fully saturated rings. The second-order valence-corrected chi connectivity index (χ2v) is 5.00. The van der Waals surface area contributed by atoms with E-state index in [1.807, 2.05) is 13.1 Å². The fourth-order valence-electron chi connectivity index (χ4n) is 2.14. The zero-order valence-electron chi connectivity index (χ0n) is 12.0. The molecule has 1 aromatic heterocycles. The van der Waals surface area contributed by atoms with Crippen LogP contribution in [-0.2, 0) is 19.6 Å². The Morgan fingerprint density at radius 2 is 2.05 bits per heavy atom. The molecule has 0 bridgehead atoms. The first-order valence-electron chi connectivity index (χ1n) is 6.87. The van der Waals surface area contributed by atoms with E-state index in [9.17, 15) is 4.39 Å². The van der Waals surface area contributed by atoms with Crippen LogP contribution >= 0.6 is 0 Å². The molecule has 20 heavy (non-hydrogen) atoms. The van der Waals surface area contributed by atoms with Crippen molar-refractivity contribution in [1.82, 2.24) is 10.2 Å². The van der Waals surface area contributed by atoms with Crippen molar-refractivity contribution in [2.45, 2.75) is 26.6 Å². The highest BCUT2D eigenvalue weighted by Gasteiger charge is 2.06. The molecule has 0 aliphatic heterocycles. The van der Waals surface area contributed by atoms with Gasteiger partial charge in [-0.3, -0.25) is 4.90 Å². The van der Waals surface area contributed by atoms with Crippen LogP contribution in [0.1, 0.15) is 23.8 Å². The van der Waals surface area contributed by atoms with E-state index in [0.717, 1.165) is 30.0 Å². The van der Waals surface area contributed by atoms with Gasteiger partial charge in [-0.15, -0.1) is 0 Å². The normalized spacial score (nSPS) is 11.2. The van der Waals surface area contributed by atoms with Crippen LogP contribution in [0.4, 0.5) is 4.39 Å². The molecule has 2 aromatic rings. The fourth-order valence-corrected chi connectivity index (χ4v) is 2.14. The molecule has 1 heterocycles. The zero-order valence-corrected chi connectivity index (χ0v) is 12.0. The highest BCUT2D eigenvalue weighted by molar-refractivity contribution is 5.17. The Morgan fingerprint density at radius 3 is 2.80 bits per heavy atom. The average Bonchev–Trinajstić information content (AvgIpc) is 2.83. The van der Waals surface area contributed by atoms with Gasteiger partial charge in [-0.2, -0.15) is 0 Å². The zero-order chi connectivity index (χ0) is 14.4. The van der Waals surface area contributed by atoms with Gasteiger partial charge in [-0.25, -0.2) is 4.39 Å². The molecule has 0 atom stereocenters. The standard InChI is InChI=1S/C16H21FN2O/c1-3-18-9-14-8-16(20-12-14)11-19(2)10-13-5-4-6-15(17)7-13/h4-8,12,18H,3,9-11H2,1-2H3. The van der Waals surface area contributed by atoms with E-state index in [0.29, 0.717) is 13.1 Å². The SMILES string of the molecule is CCNCc1coc(CN(C)Cc2cccc(F)c2)c1. The minimum atomic E-state index is -0.193. The molecule has 4 heteroatoms. The van der Waals surface area contributed by atoms with Gasteiger partial charge >= 0.3 is 0 Å². The number of benzene rings is 1. The van der Waals surface area contributed by atoms with Crippen LogP contribution in [0.2, 0.25) is 0 Å². The van der Waals surface area contributed by atoms with Crippen LogP contribution in [0.15, 0.2) is 41.0 Å². The quantitative estimate of drug-likeness (QED) is 0.842. The topological polar surface area (TPSA) is 28.4 Å². The lowest BCUT2D eigenvalue weighted by Gasteiger charge is -2.15. The Bertz CT molecular complexity index is 539. The van der Waals surface area contributed by atoms with E-state index in [2.05, 4.69) is 23.2 Å². The molecule has 3 nitrogen and oxygen atoms in total. The minimum absolute atomic E-state index is 0.193. The summed E-state index contributed by atoms with van der Waals surface area (Å²) in [5.74, 6) is 0.735. The van der Waals surface area contributed by atoms with E-state index < -0.39 is 0 Å². The first-order valence-corrected chi connectivity index (χ1v) is 6.87. The number of furan rings is 1.